The number of carbonyl (C=O) groups excluding carboxylic acids is 3. The minimum absolute atomic E-state index is 0.0514. The first-order valence-electron chi connectivity index (χ1n) is 10.5. The molecule has 7 heteroatoms. The highest BCUT2D eigenvalue weighted by Gasteiger charge is 2.38. The van der Waals surface area contributed by atoms with Crippen molar-refractivity contribution in [1.29, 1.82) is 0 Å². The van der Waals surface area contributed by atoms with E-state index in [-0.39, 0.29) is 35.7 Å². The molecule has 1 N–H and O–H groups in total. The molecule has 1 aromatic rings. The summed E-state index contributed by atoms with van der Waals surface area (Å²) in [6.45, 7) is 8.20. The Kier molecular flexibility index (Phi) is 6.77. The van der Waals surface area contributed by atoms with Crippen molar-refractivity contribution in [3.63, 3.8) is 0 Å². The molecule has 0 aromatic heterocycles. The molecular weight excluding hydrogens is 370 g/mol. The summed E-state index contributed by atoms with van der Waals surface area (Å²) in [6, 6.07) is 7.29. The van der Waals surface area contributed by atoms with E-state index in [1.165, 1.54) is 0 Å². The van der Waals surface area contributed by atoms with Crippen LogP contribution in [0.15, 0.2) is 24.3 Å². The maximum atomic E-state index is 12.8. The Morgan fingerprint density at radius 2 is 1.83 bits per heavy atom. The van der Waals surface area contributed by atoms with Gasteiger partial charge in [0.25, 0.3) is 5.91 Å². The molecule has 1 atom stereocenters. The number of nitrogens with one attached hydrogen (secondary N) is 1. The smallest absolute Gasteiger partial charge is 0.251 e. The van der Waals surface area contributed by atoms with Crippen LogP contribution >= 0.6 is 0 Å². The monoisotopic (exact) mass is 401 g/mol. The van der Waals surface area contributed by atoms with Crippen molar-refractivity contribution in [2.45, 2.75) is 52.1 Å². The van der Waals surface area contributed by atoms with Crippen molar-refractivity contribution in [3.8, 4) is 5.75 Å². The van der Waals surface area contributed by atoms with Gasteiger partial charge in [0.2, 0.25) is 11.8 Å². The zero-order chi connectivity index (χ0) is 21.0. The number of amides is 3. The highest BCUT2D eigenvalue weighted by Crippen LogP contribution is 2.24. The van der Waals surface area contributed by atoms with E-state index >= 15 is 0 Å². The summed E-state index contributed by atoms with van der Waals surface area (Å²) < 4.78 is 5.40. The van der Waals surface area contributed by atoms with Gasteiger partial charge in [0.15, 0.2) is 0 Å². The Hall–Kier alpha value is -2.57. The molecule has 2 heterocycles. The summed E-state index contributed by atoms with van der Waals surface area (Å²) in [6.07, 6.45) is 1.76. The number of piperidine rings is 1. The lowest BCUT2D eigenvalue weighted by Gasteiger charge is -2.34. The lowest BCUT2D eigenvalue weighted by atomic mass is 10.0. The van der Waals surface area contributed by atoms with Gasteiger partial charge in [0, 0.05) is 43.7 Å². The Balaban J connectivity index is 1.47. The molecule has 0 bridgehead atoms. The second-order valence-corrected chi connectivity index (χ2v) is 8.07. The Morgan fingerprint density at radius 3 is 2.38 bits per heavy atom. The molecule has 2 saturated heterocycles. The van der Waals surface area contributed by atoms with E-state index in [9.17, 15) is 14.4 Å². The SMILES string of the molecule is CCOc1ccc(C(=O)NC2CCN(C(=O)C3CC(=O)N(C(C)C)C3)CC2)cc1. The Labute approximate surface area is 172 Å². The highest BCUT2D eigenvalue weighted by atomic mass is 16.5. The maximum absolute atomic E-state index is 12.8. The molecule has 0 saturated carbocycles. The fraction of sp³-hybridized carbons (Fsp3) is 0.591. The fourth-order valence-electron chi connectivity index (χ4n) is 4.04. The van der Waals surface area contributed by atoms with E-state index in [1.807, 2.05) is 25.7 Å². The van der Waals surface area contributed by atoms with Crippen LogP contribution in [0.4, 0.5) is 0 Å². The van der Waals surface area contributed by atoms with Gasteiger partial charge in [-0.15, -0.1) is 0 Å². The second-order valence-electron chi connectivity index (χ2n) is 8.07. The van der Waals surface area contributed by atoms with Gasteiger partial charge in [0.1, 0.15) is 5.75 Å². The molecule has 158 valence electrons. The highest BCUT2D eigenvalue weighted by molar-refractivity contribution is 5.94. The topological polar surface area (TPSA) is 79.0 Å². The molecule has 29 heavy (non-hydrogen) atoms. The molecule has 1 unspecified atom stereocenters. The van der Waals surface area contributed by atoms with E-state index in [0.717, 1.165) is 18.6 Å². The van der Waals surface area contributed by atoms with Crippen LogP contribution in [0.3, 0.4) is 0 Å². The van der Waals surface area contributed by atoms with E-state index in [4.69, 9.17) is 4.74 Å². The number of likely N-dealkylation sites (tertiary alicyclic amines) is 2. The van der Waals surface area contributed by atoms with Crippen LogP contribution in [-0.4, -0.2) is 65.8 Å². The molecule has 2 fully saturated rings. The van der Waals surface area contributed by atoms with Crippen molar-refractivity contribution < 1.29 is 19.1 Å². The number of rotatable bonds is 6. The molecule has 2 aliphatic rings. The summed E-state index contributed by atoms with van der Waals surface area (Å²) >= 11 is 0. The molecule has 0 radical (unpaired) electrons. The lowest BCUT2D eigenvalue weighted by Crippen LogP contribution is -2.48. The van der Waals surface area contributed by atoms with Gasteiger partial charge in [-0.05, 0) is 57.9 Å². The standard InChI is InChI=1S/C22H31N3O4/c1-4-29-19-7-5-16(6-8-19)21(27)23-18-9-11-24(12-10-18)22(28)17-13-20(26)25(14-17)15(2)3/h5-8,15,17-18H,4,9-14H2,1-3H3,(H,23,27). The van der Waals surface area contributed by atoms with Crippen molar-refractivity contribution in [3.05, 3.63) is 29.8 Å². The quantitative estimate of drug-likeness (QED) is 0.791. The zero-order valence-corrected chi connectivity index (χ0v) is 17.5. The summed E-state index contributed by atoms with van der Waals surface area (Å²) in [4.78, 5) is 41.0. The van der Waals surface area contributed by atoms with Crippen LogP contribution in [0.25, 0.3) is 0 Å². The van der Waals surface area contributed by atoms with Crippen molar-refractivity contribution >= 4 is 17.7 Å². The van der Waals surface area contributed by atoms with Crippen LogP contribution in [0, 0.1) is 5.92 Å². The lowest BCUT2D eigenvalue weighted by molar-refractivity contribution is -0.136. The van der Waals surface area contributed by atoms with Crippen molar-refractivity contribution in [2.24, 2.45) is 5.92 Å². The van der Waals surface area contributed by atoms with Crippen LogP contribution in [0.5, 0.6) is 5.75 Å². The zero-order valence-electron chi connectivity index (χ0n) is 17.5. The minimum Gasteiger partial charge on any atom is -0.494 e. The number of hydrogen-bond acceptors (Lipinski definition) is 4. The number of hydrogen-bond donors (Lipinski definition) is 1. The Morgan fingerprint density at radius 1 is 1.17 bits per heavy atom. The Bertz CT molecular complexity index is 739. The number of carbonyl (C=O) groups is 3. The van der Waals surface area contributed by atoms with Crippen LogP contribution in [0.2, 0.25) is 0 Å². The normalized spacial score (nSPS) is 20.3. The molecule has 2 aliphatic heterocycles. The van der Waals surface area contributed by atoms with Crippen LogP contribution in [-0.2, 0) is 9.59 Å². The summed E-state index contributed by atoms with van der Waals surface area (Å²) in [5.74, 6) is 0.539. The van der Waals surface area contributed by atoms with E-state index < -0.39 is 0 Å². The summed E-state index contributed by atoms with van der Waals surface area (Å²) in [5.41, 5.74) is 0.602. The van der Waals surface area contributed by atoms with Crippen molar-refractivity contribution in [1.82, 2.24) is 15.1 Å². The average molecular weight is 402 g/mol. The molecule has 7 nitrogen and oxygen atoms in total. The molecular formula is C22H31N3O4. The predicted molar refractivity (Wildman–Crippen MR) is 110 cm³/mol. The van der Waals surface area contributed by atoms with E-state index in [1.54, 1.807) is 29.2 Å². The first-order valence-corrected chi connectivity index (χ1v) is 10.5. The predicted octanol–water partition coefficient (Wildman–Crippen LogP) is 2.06. The summed E-state index contributed by atoms with van der Waals surface area (Å²) in [5, 5.41) is 3.06. The minimum atomic E-state index is -0.236. The molecule has 0 aliphatic carbocycles. The van der Waals surface area contributed by atoms with E-state index in [0.29, 0.717) is 38.2 Å². The third-order valence-electron chi connectivity index (χ3n) is 5.70. The molecule has 3 amide bonds. The second kappa shape index (κ2) is 9.29. The van der Waals surface area contributed by atoms with Gasteiger partial charge < -0.3 is 19.9 Å². The molecule has 1 aromatic carbocycles. The van der Waals surface area contributed by atoms with Crippen molar-refractivity contribution in [2.75, 3.05) is 26.2 Å². The van der Waals surface area contributed by atoms with Gasteiger partial charge >= 0.3 is 0 Å². The summed E-state index contributed by atoms with van der Waals surface area (Å²) in [7, 11) is 0. The molecule has 0 spiro atoms. The van der Waals surface area contributed by atoms with Crippen LogP contribution < -0.4 is 10.1 Å². The van der Waals surface area contributed by atoms with Gasteiger partial charge in [-0.3, -0.25) is 14.4 Å². The largest absolute Gasteiger partial charge is 0.494 e. The number of nitrogens with zero attached hydrogens (tertiary/aromatic N) is 2. The maximum Gasteiger partial charge on any atom is 0.251 e. The number of benzene rings is 1. The first-order chi connectivity index (χ1) is 13.9. The van der Waals surface area contributed by atoms with Gasteiger partial charge in [-0.2, -0.15) is 0 Å². The number of ether oxygens (including phenoxy) is 1. The average Bonchev–Trinajstić information content (AvgIpc) is 3.11. The van der Waals surface area contributed by atoms with Gasteiger partial charge in [-0.1, -0.05) is 0 Å². The van der Waals surface area contributed by atoms with Gasteiger partial charge in [0.05, 0.1) is 12.5 Å². The van der Waals surface area contributed by atoms with Gasteiger partial charge in [-0.25, -0.2) is 0 Å². The third-order valence-corrected chi connectivity index (χ3v) is 5.70. The third kappa shape index (κ3) is 5.08. The van der Waals surface area contributed by atoms with E-state index in [2.05, 4.69) is 5.32 Å². The fourth-order valence-corrected chi connectivity index (χ4v) is 4.04. The van der Waals surface area contributed by atoms with Crippen LogP contribution in [0.1, 0.15) is 50.4 Å². The first kappa shape index (κ1) is 21.1. The molecule has 3 rings (SSSR count).